The van der Waals surface area contributed by atoms with Crippen LogP contribution in [0.2, 0.25) is 0 Å². The molecule has 1 aliphatic carbocycles. The van der Waals surface area contributed by atoms with Crippen LogP contribution in [0.25, 0.3) is 5.52 Å². The number of piperazine rings is 1. The lowest BCUT2D eigenvalue weighted by Gasteiger charge is -2.35. The molecule has 2 aromatic rings. The van der Waals surface area contributed by atoms with Crippen molar-refractivity contribution in [2.45, 2.75) is 70.6 Å². The van der Waals surface area contributed by atoms with Gasteiger partial charge in [0.2, 0.25) is 0 Å². The van der Waals surface area contributed by atoms with E-state index in [2.05, 4.69) is 39.8 Å². The van der Waals surface area contributed by atoms with Crippen LogP contribution >= 0.6 is 22.6 Å². The van der Waals surface area contributed by atoms with Gasteiger partial charge in [0.05, 0.1) is 11.2 Å². The average molecular weight is 522 g/mol. The number of hydrogen-bond acceptors (Lipinski definition) is 3. The van der Waals surface area contributed by atoms with Crippen LogP contribution in [-0.4, -0.2) is 44.6 Å². The third-order valence-electron chi connectivity index (χ3n) is 7.10. The number of aromatic nitrogens is 2. The van der Waals surface area contributed by atoms with Gasteiger partial charge in [-0.05, 0) is 42.4 Å². The van der Waals surface area contributed by atoms with Crippen molar-refractivity contribution in [1.29, 1.82) is 0 Å². The van der Waals surface area contributed by atoms with Crippen molar-refractivity contribution in [3.63, 3.8) is 0 Å². The highest BCUT2D eigenvalue weighted by Crippen LogP contribution is 2.34. The highest BCUT2D eigenvalue weighted by molar-refractivity contribution is 14.1. The standard InChI is InChI=1S/C24H35IN4O/c1-19-7-4-2-3-5-9-20(10-6-8-19)21-17-23-22(11-12-26-29(23)18-21)27-13-15-28(16-14-27)24(25)30/h11-12,17-20H,2-10,13-16H2,1H3. The molecule has 164 valence electrons. The minimum atomic E-state index is 0.151. The Balaban J connectivity index is 1.52. The summed E-state index contributed by atoms with van der Waals surface area (Å²) >= 11 is 1.89. The minimum Gasteiger partial charge on any atom is -0.366 e. The highest BCUT2D eigenvalue weighted by Gasteiger charge is 2.22. The Morgan fingerprint density at radius 1 is 1.00 bits per heavy atom. The number of amides is 1. The first-order valence-electron chi connectivity index (χ1n) is 11.8. The smallest absolute Gasteiger partial charge is 0.283 e. The van der Waals surface area contributed by atoms with E-state index in [0.717, 1.165) is 32.1 Å². The first-order chi connectivity index (χ1) is 14.6. The molecule has 2 aliphatic rings. The fourth-order valence-corrected chi connectivity index (χ4v) is 5.69. The largest absolute Gasteiger partial charge is 0.366 e. The molecular formula is C24H35IN4O. The van der Waals surface area contributed by atoms with Gasteiger partial charge in [-0.25, -0.2) is 4.52 Å². The molecule has 0 radical (unpaired) electrons. The van der Waals surface area contributed by atoms with Gasteiger partial charge in [0.15, 0.2) is 0 Å². The summed E-state index contributed by atoms with van der Waals surface area (Å²) in [5.41, 5.74) is 3.93. The van der Waals surface area contributed by atoms with Gasteiger partial charge in [-0.2, -0.15) is 5.10 Å². The second-order valence-electron chi connectivity index (χ2n) is 9.27. The summed E-state index contributed by atoms with van der Waals surface area (Å²) in [7, 11) is 0. The van der Waals surface area contributed by atoms with Crippen molar-refractivity contribution in [1.82, 2.24) is 14.5 Å². The van der Waals surface area contributed by atoms with Gasteiger partial charge in [-0.1, -0.05) is 51.9 Å². The average Bonchev–Trinajstić information content (AvgIpc) is 3.17. The van der Waals surface area contributed by atoms with Crippen LogP contribution in [0, 0.1) is 5.92 Å². The molecule has 0 spiro atoms. The topological polar surface area (TPSA) is 40.8 Å². The van der Waals surface area contributed by atoms with Crippen molar-refractivity contribution in [3.8, 4) is 0 Å². The number of carbonyl (C=O) groups is 1. The summed E-state index contributed by atoms with van der Waals surface area (Å²) in [5, 5.41) is 4.62. The van der Waals surface area contributed by atoms with E-state index < -0.39 is 0 Å². The maximum Gasteiger partial charge on any atom is 0.283 e. The molecule has 1 saturated heterocycles. The number of anilines is 1. The molecule has 0 aromatic carbocycles. The molecule has 2 unspecified atom stereocenters. The fourth-order valence-electron chi connectivity index (χ4n) is 5.21. The number of fused-ring (bicyclic) bond motifs is 1. The van der Waals surface area contributed by atoms with Crippen molar-refractivity contribution in [2.24, 2.45) is 5.92 Å². The monoisotopic (exact) mass is 522 g/mol. The zero-order valence-electron chi connectivity index (χ0n) is 18.2. The first-order valence-corrected chi connectivity index (χ1v) is 12.9. The summed E-state index contributed by atoms with van der Waals surface area (Å²) in [6, 6.07) is 4.53. The second kappa shape index (κ2) is 10.3. The van der Waals surface area contributed by atoms with Gasteiger partial charge in [-0.3, -0.25) is 4.79 Å². The molecule has 1 aliphatic heterocycles. The molecule has 1 amide bonds. The Morgan fingerprint density at radius 3 is 2.47 bits per heavy atom. The number of rotatable bonds is 2. The maximum atomic E-state index is 11.7. The van der Waals surface area contributed by atoms with E-state index in [0.29, 0.717) is 5.92 Å². The highest BCUT2D eigenvalue weighted by atomic mass is 127. The molecule has 3 heterocycles. The molecule has 2 fully saturated rings. The van der Waals surface area contributed by atoms with Crippen molar-refractivity contribution >= 4 is 37.7 Å². The normalized spacial score (nSPS) is 24.6. The van der Waals surface area contributed by atoms with Crippen molar-refractivity contribution in [2.75, 3.05) is 31.1 Å². The minimum absolute atomic E-state index is 0.151. The van der Waals surface area contributed by atoms with E-state index in [4.69, 9.17) is 0 Å². The van der Waals surface area contributed by atoms with Crippen molar-refractivity contribution < 1.29 is 4.79 Å². The van der Waals surface area contributed by atoms with E-state index in [1.54, 1.807) is 0 Å². The van der Waals surface area contributed by atoms with E-state index in [1.165, 1.54) is 74.6 Å². The lowest BCUT2D eigenvalue weighted by atomic mass is 9.89. The SMILES string of the molecule is CC1CCCCCCC(c2cc3c(N4CCN(C(=O)I)CC4)ccnn3c2)CCC1. The lowest BCUT2D eigenvalue weighted by Crippen LogP contribution is -2.47. The number of halogens is 1. The molecular weight excluding hydrogens is 487 g/mol. The van der Waals surface area contributed by atoms with E-state index in [1.807, 2.05) is 33.7 Å². The van der Waals surface area contributed by atoms with Gasteiger partial charge in [-0.15, -0.1) is 0 Å². The maximum absolute atomic E-state index is 11.7. The summed E-state index contributed by atoms with van der Waals surface area (Å²) in [4.78, 5) is 16.0. The molecule has 1 saturated carbocycles. The summed E-state index contributed by atoms with van der Waals surface area (Å²) in [6.45, 7) is 5.79. The van der Waals surface area contributed by atoms with Crippen LogP contribution in [-0.2, 0) is 0 Å². The third-order valence-corrected chi connectivity index (χ3v) is 7.78. The quantitative estimate of drug-likeness (QED) is 0.266. The molecule has 5 nitrogen and oxygen atoms in total. The van der Waals surface area contributed by atoms with Crippen LogP contribution in [0.4, 0.5) is 10.5 Å². The number of hydrogen-bond donors (Lipinski definition) is 0. The zero-order valence-corrected chi connectivity index (χ0v) is 20.4. The Bertz CT molecular complexity index is 843. The Labute approximate surface area is 194 Å². The third kappa shape index (κ3) is 5.29. The van der Waals surface area contributed by atoms with Crippen LogP contribution in [0.1, 0.15) is 76.2 Å². The number of carbonyl (C=O) groups excluding carboxylic acids is 1. The Kier molecular flexibility index (Phi) is 7.55. The van der Waals surface area contributed by atoms with Crippen LogP contribution in [0.15, 0.2) is 24.5 Å². The van der Waals surface area contributed by atoms with Crippen LogP contribution < -0.4 is 4.90 Å². The van der Waals surface area contributed by atoms with E-state index in [9.17, 15) is 4.79 Å². The Hall–Kier alpha value is -1.31. The Morgan fingerprint density at radius 2 is 1.70 bits per heavy atom. The van der Waals surface area contributed by atoms with Gasteiger partial charge in [0.25, 0.3) is 3.91 Å². The molecule has 4 rings (SSSR count). The van der Waals surface area contributed by atoms with Gasteiger partial charge >= 0.3 is 0 Å². The molecule has 30 heavy (non-hydrogen) atoms. The van der Waals surface area contributed by atoms with Crippen LogP contribution in [0.5, 0.6) is 0 Å². The molecule has 6 heteroatoms. The molecule has 2 aromatic heterocycles. The molecule has 2 atom stereocenters. The van der Waals surface area contributed by atoms with Crippen LogP contribution in [0.3, 0.4) is 0 Å². The second-order valence-corrected chi connectivity index (χ2v) is 10.2. The first kappa shape index (κ1) is 21.9. The van der Waals surface area contributed by atoms with Crippen molar-refractivity contribution in [3.05, 3.63) is 30.1 Å². The molecule has 0 N–H and O–H groups in total. The van der Waals surface area contributed by atoms with Gasteiger partial charge in [0.1, 0.15) is 0 Å². The zero-order chi connectivity index (χ0) is 20.9. The lowest BCUT2D eigenvalue weighted by molar-refractivity contribution is 0.222. The van der Waals surface area contributed by atoms with E-state index >= 15 is 0 Å². The molecule has 0 bridgehead atoms. The predicted octanol–water partition coefficient (Wildman–Crippen LogP) is 6.26. The summed E-state index contributed by atoms with van der Waals surface area (Å²) in [6.07, 6.45) is 16.4. The van der Waals surface area contributed by atoms with Gasteiger partial charge < -0.3 is 9.80 Å². The summed E-state index contributed by atoms with van der Waals surface area (Å²) < 4.78 is 2.23. The van der Waals surface area contributed by atoms with E-state index in [-0.39, 0.29) is 3.91 Å². The summed E-state index contributed by atoms with van der Waals surface area (Å²) in [5.74, 6) is 1.52. The van der Waals surface area contributed by atoms with Gasteiger partial charge in [0, 0.05) is 61.2 Å². The predicted molar refractivity (Wildman–Crippen MR) is 132 cm³/mol. The number of nitrogens with zero attached hydrogens (tertiary/aromatic N) is 4. The fraction of sp³-hybridized carbons (Fsp3) is 0.667.